The number of phenols is 1. The fourth-order valence-electron chi connectivity index (χ4n) is 1.31. The van der Waals surface area contributed by atoms with E-state index in [1.165, 1.54) is 12.1 Å². The van der Waals surface area contributed by atoms with Crippen LogP contribution < -0.4 is 5.32 Å². The minimum Gasteiger partial charge on any atom is -0.508 e. The lowest BCUT2D eigenvalue weighted by Gasteiger charge is -2.13. The van der Waals surface area contributed by atoms with E-state index in [2.05, 4.69) is 5.32 Å². The first-order valence-corrected chi connectivity index (χ1v) is 5.46. The van der Waals surface area contributed by atoms with Crippen molar-refractivity contribution in [1.29, 1.82) is 0 Å². The molecule has 1 amide bonds. The molecule has 0 aliphatic rings. The van der Waals surface area contributed by atoms with Gasteiger partial charge in [0.25, 0.3) is 5.91 Å². The Balaban J connectivity index is 2.86. The van der Waals surface area contributed by atoms with Crippen LogP contribution in [-0.4, -0.2) is 39.8 Å². The van der Waals surface area contributed by atoms with Gasteiger partial charge in [-0.2, -0.15) is 0 Å². The molecule has 7 heteroatoms. The number of aliphatic hydroxyl groups excluding tert-OH is 1. The van der Waals surface area contributed by atoms with Crippen molar-refractivity contribution in [3.8, 4) is 5.75 Å². The predicted molar refractivity (Wildman–Crippen MR) is 63.7 cm³/mol. The summed E-state index contributed by atoms with van der Waals surface area (Å²) in [6.07, 6.45) is -0.114. The number of aliphatic carboxylic acids is 1. The van der Waals surface area contributed by atoms with Crippen molar-refractivity contribution in [2.45, 2.75) is 12.5 Å². The number of rotatable bonds is 5. The quantitative estimate of drug-likeness (QED) is 0.629. The van der Waals surface area contributed by atoms with Gasteiger partial charge in [-0.15, -0.1) is 0 Å². The molecule has 1 atom stereocenters. The lowest BCUT2D eigenvalue weighted by Crippen LogP contribution is -2.41. The fraction of sp³-hybridized carbons (Fsp3) is 0.273. The molecule has 98 valence electrons. The van der Waals surface area contributed by atoms with Gasteiger partial charge in [0.15, 0.2) is 0 Å². The van der Waals surface area contributed by atoms with Gasteiger partial charge >= 0.3 is 5.97 Å². The van der Waals surface area contributed by atoms with Crippen molar-refractivity contribution in [1.82, 2.24) is 5.32 Å². The molecule has 1 rings (SSSR count). The minimum atomic E-state index is -1.26. The van der Waals surface area contributed by atoms with Gasteiger partial charge < -0.3 is 20.6 Å². The van der Waals surface area contributed by atoms with E-state index < -0.39 is 17.9 Å². The van der Waals surface area contributed by atoms with Crippen molar-refractivity contribution < 1.29 is 24.9 Å². The predicted octanol–water partition coefficient (Wildman–Crippen LogP) is 0.611. The number of aromatic hydroxyl groups is 1. The van der Waals surface area contributed by atoms with E-state index in [-0.39, 0.29) is 29.4 Å². The van der Waals surface area contributed by atoms with Gasteiger partial charge in [-0.05, 0) is 18.2 Å². The summed E-state index contributed by atoms with van der Waals surface area (Å²) in [6.45, 7) is -0.370. The highest BCUT2D eigenvalue weighted by atomic mass is 35.5. The Morgan fingerprint density at radius 1 is 1.39 bits per heavy atom. The number of hydrogen-bond donors (Lipinski definition) is 4. The number of hydrogen-bond acceptors (Lipinski definition) is 4. The van der Waals surface area contributed by atoms with Gasteiger partial charge in [0, 0.05) is 13.0 Å². The summed E-state index contributed by atoms with van der Waals surface area (Å²) in [5.41, 5.74) is -0.0270. The highest BCUT2D eigenvalue weighted by Crippen LogP contribution is 2.21. The van der Waals surface area contributed by atoms with Gasteiger partial charge in [0.2, 0.25) is 0 Å². The van der Waals surface area contributed by atoms with Crippen LogP contribution >= 0.6 is 11.6 Å². The number of carboxylic acids is 1. The van der Waals surface area contributed by atoms with Crippen molar-refractivity contribution in [3.05, 3.63) is 28.8 Å². The number of phenolic OH excluding ortho intramolecular Hbond substituents is 1. The van der Waals surface area contributed by atoms with E-state index in [0.29, 0.717) is 0 Å². The van der Waals surface area contributed by atoms with Crippen LogP contribution in [0.3, 0.4) is 0 Å². The summed E-state index contributed by atoms with van der Waals surface area (Å²) in [4.78, 5) is 22.6. The first kappa shape index (κ1) is 14.3. The second-order valence-electron chi connectivity index (χ2n) is 3.54. The van der Waals surface area contributed by atoms with Gasteiger partial charge in [-0.25, -0.2) is 4.79 Å². The van der Waals surface area contributed by atoms with Crippen LogP contribution in [0, 0.1) is 0 Å². The molecule has 4 N–H and O–H groups in total. The molecule has 0 heterocycles. The molecule has 0 fully saturated rings. The minimum absolute atomic E-state index is 0.0270. The fourth-order valence-corrected chi connectivity index (χ4v) is 1.51. The molecular weight excluding hydrogens is 262 g/mol. The maximum absolute atomic E-state index is 11.8. The van der Waals surface area contributed by atoms with E-state index >= 15 is 0 Å². The van der Waals surface area contributed by atoms with Crippen LogP contribution in [0.5, 0.6) is 5.75 Å². The third-order valence-electron chi connectivity index (χ3n) is 2.22. The average Bonchev–Trinajstić information content (AvgIpc) is 2.31. The number of carboxylic acid groups (broad SMARTS) is 1. The first-order chi connectivity index (χ1) is 8.45. The van der Waals surface area contributed by atoms with E-state index in [1.807, 2.05) is 0 Å². The summed E-state index contributed by atoms with van der Waals surface area (Å²) >= 11 is 5.76. The van der Waals surface area contributed by atoms with Crippen LogP contribution in [0.4, 0.5) is 0 Å². The third-order valence-corrected chi connectivity index (χ3v) is 2.55. The van der Waals surface area contributed by atoms with Crippen LogP contribution in [0.1, 0.15) is 16.8 Å². The highest BCUT2D eigenvalue weighted by molar-refractivity contribution is 6.33. The van der Waals surface area contributed by atoms with Crippen LogP contribution in [0.15, 0.2) is 18.2 Å². The maximum Gasteiger partial charge on any atom is 0.326 e. The highest BCUT2D eigenvalue weighted by Gasteiger charge is 2.21. The van der Waals surface area contributed by atoms with Crippen molar-refractivity contribution in [2.75, 3.05) is 6.61 Å². The largest absolute Gasteiger partial charge is 0.508 e. The lowest BCUT2D eigenvalue weighted by atomic mass is 10.1. The molecule has 6 nitrogen and oxygen atoms in total. The van der Waals surface area contributed by atoms with Gasteiger partial charge in [0.05, 0.1) is 10.6 Å². The molecule has 0 radical (unpaired) electrons. The average molecular weight is 274 g/mol. The van der Waals surface area contributed by atoms with Gasteiger partial charge in [-0.3, -0.25) is 4.79 Å². The second kappa shape index (κ2) is 6.23. The Hall–Kier alpha value is -1.79. The third kappa shape index (κ3) is 3.61. The van der Waals surface area contributed by atoms with Crippen molar-refractivity contribution in [3.63, 3.8) is 0 Å². The molecule has 18 heavy (non-hydrogen) atoms. The van der Waals surface area contributed by atoms with Crippen LogP contribution in [0.2, 0.25) is 5.02 Å². The topological polar surface area (TPSA) is 107 Å². The number of nitrogens with one attached hydrogen (secondary N) is 1. The van der Waals surface area contributed by atoms with Gasteiger partial charge in [0.1, 0.15) is 11.8 Å². The molecule has 0 saturated heterocycles. The molecule has 0 saturated carbocycles. The summed E-state index contributed by atoms with van der Waals surface area (Å²) < 4.78 is 0. The second-order valence-corrected chi connectivity index (χ2v) is 3.95. The molecule has 0 aliphatic heterocycles. The summed E-state index contributed by atoms with van der Waals surface area (Å²) in [6, 6.07) is 2.56. The Kier molecular flexibility index (Phi) is 4.94. The summed E-state index contributed by atoms with van der Waals surface area (Å²) in [5.74, 6) is -2.14. The van der Waals surface area contributed by atoms with Crippen molar-refractivity contribution >= 4 is 23.5 Å². The van der Waals surface area contributed by atoms with Gasteiger partial charge in [-0.1, -0.05) is 11.6 Å². The number of carbonyl (C=O) groups is 2. The Labute approximate surface area is 108 Å². The molecule has 0 bridgehead atoms. The maximum atomic E-state index is 11.8. The number of aliphatic hydroxyl groups is 1. The molecule has 0 aliphatic carbocycles. The molecule has 0 spiro atoms. The summed E-state index contributed by atoms with van der Waals surface area (Å²) in [7, 11) is 0. The zero-order chi connectivity index (χ0) is 13.7. The smallest absolute Gasteiger partial charge is 0.326 e. The summed E-state index contributed by atoms with van der Waals surface area (Å²) in [5, 5.41) is 29.0. The Morgan fingerprint density at radius 2 is 2.06 bits per heavy atom. The Morgan fingerprint density at radius 3 is 2.61 bits per heavy atom. The van der Waals surface area contributed by atoms with E-state index in [9.17, 15) is 14.7 Å². The van der Waals surface area contributed by atoms with Crippen LogP contribution in [0.25, 0.3) is 0 Å². The first-order valence-electron chi connectivity index (χ1n) is 5.08. The molecule has 1 aromatic rings. The molecule has 1 aromatic carbocycles. The number of carbonyl (C=O) groups excluding carboxylic acids is 1. The van der Waals surface area contributed by atoms with E-state index in [0.717, 1.165) is 6.07 Å². The lowest BCUT2D eigenvalue weighted by molar-refractivity contribution is -0.139. The molecule has 1 unspecified atom stereocenters. The number of halogens is 1. The van der Waals surface area contributed by atoms with E-state index in [1.54, 1.807) is 0 Å². The monoisotopic (exact) mass is 273 g/mol. The zero-order valence-corrected chi connectivity index (χ0v) is 10.0. The zero-order valence-electron chi connectivity index (χ0n) is 9.26. The number of benzene rings is 1. The Bertz CT molecular complexity index is 463. The SMILES string of the molecule is O=C(NC(CCO)C(=O)O)c1cc(O)ccc1Cl. The van der Waals surface area contributed by atoms with Crippen LogP contribution in [-0.2, 0) is 4.79 Å². The number of amides is 1. The molecule has 0 aromatic heterocycles. The van der Waals surface area contributed by atoms with E-state index in [4.69, 9.17) is 21.8 Å². The molecular formula is C11H12ClNO5. The normalized spacial score (nSPS) is 11.9. The standard InChI is InChI=1S/C11H12ClNO5/c12-8-2-1-6(15)5-7(8)10(16)13-9(3-4-14)11(17)18/h1-2,5,9,14-15H,3-4H2,(H,13,16)(H,17,18). The van der Waals surface area contributed by atoms with Crippen molar-refractivity contribution in [2.24, 2.45) is 0 Å².